The van der Waals surface area contributed by atoms with E-state index >= 15 is 0 Å². The monoisotopic (exact) mass is 269 g/mol. The minimum absolute atomic E-state index is 0.0144. The number of carbonyl (C=O) groups excluding carboxylic acids is 1. The summed E-state index contributed by atoms with van der Waals surface area (Å²) in [6.07, 6.45) is 0. The zero-order valence-electron chi connectivity index (χ0n) is 10.7. The molecule has 0 saturated heterocycles. The molecule has 0 aliphatic carbocycles. The number of ether oxygens (including phenoxy) is 1. The molecule has 1 aromatic rings. The molecule has 0 unspecified atom stereocenters. The quantitative estimate of drug-likeness (QED) is 0.457. The number of nitro groups is 1. The van der Waals surface area contributed by atoms with E-state index in [2.05, 4.69) is 9.72 Å². The van der Waals surface area contributed by atoms with Crippen LogP contribution in [0.2, 0.25) is 0 Å². The third-order valence-electron chi connectivity index (χ3n) is 2.50. The van der Waals surface area contributed by atoms with Crippen LogP contribution in [0.3, 0.4) is 0 Å². The highest BCUT2D eigenvalue weighted by Crippen LogP contribution is 2.26. The average molecular weight is 269 g/mol. The second kappa shape index (κ2) is 6.64. The van der Waals surface area contributed by atoms with E-state index in [1.165, 1.54) is 24.1 Å². The van der Waals surface area contributed by atoms with Crippen molar-refractivity contribution in [2.24, 2.45) is 0 Å². The van der Waals surface area contributed by atoms with Crippen LogP contribution in [-0.2, 0) is 4.74 Å². The minimum atomic E-state index is -0.670. The molecule has 1 N–H and O–H groups in total. The van der Waals surface area contributed by atoms with Crippen LogP contribution in [0.25, 0.3) is 0 Å². The number of hydrogen-bond donors (Lipinski definition) is 1. The first-order chi connectivity index (χ1) is 9.04. The fourth-order valence-electron chi connectivity index (χ4n) is 1.57. The van der Waals surface area contributed by atoms with Gasteiger partial charge in [-0.15, -0.1) is 0 Å². The number of carbonyl (C=O) groups is 1. The van der Waals surface area contributed by atoms with Gasteiger partial charge in [0, 0.05) is 19.2 Å². The Hall–Kier alpha value is -2.22. The molecule has 0 radical (unpaired) electrons. The van der Waals surface area contributed by atoms with Gasteiger partial charge in [0.2, 0.25) is 5.82 Å². The van der Waals surface area contributed by atoms with Crippen LogP contribution in [0, 0.1) is 10.1 Å². The van der Waals surface area contributed by atoms with Crippen molar-refractivity contribution < 1.29 is 19.6 Å². The van der Waals surface area contributed by atoms with Gasteiger partial charge in [-0.1, -0.05) is 0 Å². The molecule has 0 atom stereocenters. The largest absolute Gasteiger partial charge is 0.464 e. The van der Waals surface area contributed by atoms with Gasteiger partial charge in [0.25, 0.3) is 0 Å². The Morgan fingerprint density at radius 1 is 1.58 bits per heavy atom. The second-order valence-corrected chi connectivity index (χ2v) is 3.59. The first-order valence-electron chi connectivity index (χ1n) is 5.64. The van der Waals surface area contributed by atoms with Crippen molar-refractivity contribution >= 4 is 17.5 Å². The lowest BCUT2D eigenvalue weighted by molar-refractivity contribution is -0.384. The van der Waals surface area contributed by atoms with Gasteiger partial charge in [-0.3, -0.25) is 10.1 Å². The topological polar surface area (TPSA) is 106 Å². The Kier molecular flexibility index (Phi) is 5.19. The molecule has 8 heteroatoms. The van der Waals surface area contributed by atoms with Crippen LogP contribution in [-0.4, -0.2) is 47.8 Å². The van der Waals surface area contributed by atoms with Crippen molar-refractivity contribution in [3.05, 3.63) is 27.9 Å². The third kappa shape index (κ3) is 3.38. The summed E-state index contributed by atoms with van der Waals surface area (Å²) in [7, 11) is 1.20. The summed E-state index contributed by atoms with van der Waals surface area (Å²) < 4.78 is 4.53. The molecule has 0 aliphatic heterocycles. The molecular formula is C11H15N3O5. The van der Waals surface area contributed by atoms with Gasteiger partial charge in [-0.2, -0.15) is 0 Å². The summed E-state index contributed by atoms with van der Waals surface area (Å²) in [5, 5.41) is 19.9. The molecule has 0 amide bonds. The molecule has 0 fully saturated rings. The SMILES string of the molecule is CCN(CCO)c1nc(C(=O)OC)ccc1[N+](=O)[O-]. The highest BCUT2D eigenvalue weighted by molar-refractivity contribution is 5.88. The minimum Gasteiger partial charge on any atom is -0.464 e. The zero-order valence-corrected chi connectivity index (χ0v) is 10.7. The summed E-state index contributed by atoms with van der Waals surface area (Å²) in [5.74, 6) is -0.624. The Bertz CT molecular complexity index is 477. The second-order valence-electron chi connectivity index (χ2n) is 3.59. The smallest absolute Gasteiger partial charge is 0.356 e. The van der Waals surface area contributed by atoms with Crippen molar-refractivity contribution in [3.63, 3.8) is 0 Å². The van der Waals surface area contributed by atoms with Gasteiger partial charge in [0.15, 0.2) is 5.69 Å². The van der Waals surface area contributed by atoms with Gasteiger partial charge in [-0.05, 0) is 13.0 Å². The Balaban J connectivity index is 3.29. The number of likely N-dealkylation sites (N-methyl/N-ethyl adjacent to an activating group) is 1. The highest BCUT2D eigenvalue weighted by atomic mass is 16.6. The van der Waals surface area contributed by atoms with Gasteiger partial charge in [-0.25, -0.2) is 9.78 Å². The van der Waals surface area contributed by atoms with Crippen LogP contribution >= 0.6 is 0 Å². The molecular weight excluding hydrogens is 254 g/mol. The molecule has 0 bridgehead atoms. The van der Waals surface area contributed by atoms with E-state index in [-0.39, 0.29) is 30.4 Å². The van der Waals surface area contributed by atoms with Crippen LogP contribution in [0.5, 0.6) is 0 Å². The molecule has 0 saturated carbocycles. The summed E-state index contributed by atoms with van der Waals surface area (Å²) in [4.78, 5) is 27.2. The number of nitrogens with zero attached hydrogens (tertiary/aromatic N) is 3. The lowest BCUT2D eigenvalue weighted by Crippen LogP contribution is -2.28. The Morgan fingerprint density at radius 3 is 2.74 bits per heavy atom. The zero-order chi connectivity index (χ0) is 14.4. The van der Waals surface area contributed by atoms with Crippen molar-refractivity contribution in [2.45, 2.75) is 6.92 Å². The van der Waals surface area contributed by atoms with Crippen LogP contribution in [0.15, 0.2) is 12.1 Å². The van der Waals surface area contributed by atoms with Crippen LogP contribution in [0.1, 0.15) is 17.4 Å². The lowest BCUT2D eigenvalue weighted by Gasteiger charge is -2.20. The average Bonchev–Trinajstić information content (AvgIpc) is 2.43. The maximum atomic E-state index is 11.4. The normalized spacial score (nSPS) is 10.1. The number of aromatic nitrogens is 1. The summed E-state index contributed by atoms with van der Waals surface area (Å²) >= 11 is 0. The molecule has 0 aromatic carbocycles. The van der Waals surface area contributed by atoms with Gasteiger partial charge < -0.3 is 14.7 Å². The van der Waals surface area contributed by atoms with E-state index in [0.717, 1.165) is 0 Å². The number of hydrogen-bond acceptors (Lipinski definition) is 7. The van der Waals surface area contributed by atoms with E-state index in [0.29, 0.717) is 6.54 Å². The Labute approximate surface area is 109 Å². The van der Waals surface area contributed by atoms with E-state index in [9.17, 15) is 14.9 Å². The van der Waals surface area contributed by atoms with E-state index < -0.39 is 10.9 Å². The number of aliphatic hydroxyl groups is 1. The number of aliphatic hydroxyl groups excluding tert-OH is 1. The predicted octanol–water partition coefficient (Wildman–Crippen LogP) is 0.595. The van der Waals surface area contributed by atoms with Crippen molar-refractivity contribution in [1.29, 1.82) is 0 Å². The summed E-state index contributed by atoms with van der Waals surface area (Å²) in [5.41, 5.74) is -0.234. The first-order valence-corrected chi connectivity index (χ1v) is 5.64. The van der Waals surface area contributed by atoms with Crippen molar-refractivity contribution in [1.82, 2.24) is 4.98 Å². The Morgan fingerprint density at radius 2 is 2.26 bits per heavy atom. The van der Waals surface area contributed by atoms with E-state index in [1.54, 1.807) is 6.92 Å². The number of esters is 1. The fraction of sp³-hybridized carbons (Fsp3) is 0.455. The maximum absolute atomic E-state index is 11.4. The maximum Gasteiger partial charge on any atom is 0.356 e. The molecule has 1 heterocycles. The molecule has 1 rings (SSSR count). The van der Waals surface area contributed by atoms with Gasteiger partial charge in [0.1, 0.15) is 0 Å². The lowest BCUT2D eigenvalue weighted by atomic mass is 10.3. The number of pyridine rings is 1. The van der Waals surface area contributed by atoms with Gasteiger partial charge >= 0.3 is 11.7 Å². The first kappa shape index (κ1) is 14.8. The van der Waals surface area contributed by atoms with Crippen LogP contribution < -0.4 is 4.90 Å². The fourth-order valence-corrected chi connectivity index (χ4v) is 1.57. The van der Waals surface area contributed by atoms with Crippen molar-refractivity contribution in [2.75, 3.05) is 31.7 Å². The highest BCUT2D eigenvalue weighted by Gasteiger charge is 2.22. The van der Waals surface area contributed by atoms with E-state index in [1.807, 2.05) is 0 Å². The molecule has 8 nitrogen and oxygen atoms in total. The predicted molar refractivity (Wildman–Crippen MR) is 67.2 cm³/mol. The van der Waals surface area contributed by atoms with E-state index in [4.69, 9.17) is 5.11 Å². The molecule has 1 aromatic heterocycles. The van der Waals surface area contributed by atoms with Crippen LogP contribution in [0.4, 0.5) is 11.5 Å². The molecule has 19 heavy (non-hydrogen) atoms. The molecule has 104 valence electrons. The van der Waals surface area contributed by atoms with Crippen molar-refractivity contribution in [3.8, 4) is 0 Å². The summed E-state index contributed by atoms with van der Waals surface area (Å²) in [6.45, 7) is 2.20. The number of anilines is 1. The third-order valence-corrected chi connectivity index (χ3v) is 2.50. The number of methoxy groups -OCH3 is 1. The number of rotatable bonds is 6. The standard InChI is InChI=1S/C11H15N3O5/c1-3-13(6-7-15)10-9(14(17)18)5-4-8(12-10)11(16)19-2/h4-5,15H,3,6-7H2,1-2H3. The molecule has 0 aliphatic rings. The molecule has 0 spiro atoms. The summed E-state index contributed by atoms with van der Waals surface area (Å²) in [6, 6.07) is 2.44. The van der Waals surface area contributed by atoms with Gasteiger partial charge in [0.05, 0.1) is 18.6 Å².